The zero-order chi connectivity index (χ0) is 19.6. The van der Waals surface area contributed by atoms with Crippen molar-refractivity contribution in [3.63, 3.8) is 0 Å². The summed E-state index contributed by atoms with van der Waals surface area (Å²) in [5.74, 6) is 1.48. The van der Waals surface area contributed by atoms with E-state index in [1.54, 1.807) is 0 Å². The first kappa shape index (κ1) is 18.5. The number of pyridine rings is 1. The predicted molar refractivity (Wildman–Crippen MR) is 115 cm³/mol. The van der Waals surface area contributed by atoms with Gasteiger partial charge in [0.25, 0.3) is 0 Å². The SMILES string of the molecule is O=c1c2cc(OCCN3CCC3)ccc2[nH]c2ccc(OCCN3CCC3)cc12. The lowest BCUT2D eigenvalue weighted by atomic mass is 10.1. The molecule has 0 bridgehead atoms. The van der Waals surface area contributed by atoms with Crippen LogP contribution in [0.25, 0.3) is 21.8 Å². The Hall–Kier alpha value is -2.57. The van der Waals surface area contributed by atoms with Gasteiger partial charge < -0.3 is 14.5 Å². The Balaban J connectivity index is 1.34. The van der Waals surface area contributed by atoms with Gasteiger partial charge in [0.2, 0.25) is 0 Å². The topological polar surface area (TPSA) is 57.8 Å². The fraction of sp³-hybridized carbons (Fsp3) is 0.435. The molecule has 2 aromatic carbocycles. The van der Waals surface area contributed by atoms with Crippen molar-refractivity contribution in [2.45, 2.75) is 12.8 Å². The normalized spacial score (nSPS) is 17.2. The van der Waals surface area contributed by atoms with Gasteiger partial charge in [0.1, 0.15) is 24.7 Å². The van der Waals surface area contributed by atoms with Gasteiger partial charge in [-0.3, -0.25) is 14.6 Å². The van der Waals surface area contributed by atoms with Gasteiger partial charge in [-0.25, -0.2) is 0 Å². The zero-order valence-corrected chi connectivity index (χ0v) is 16.7. The molecule has 3 heterocycles. The second-order valence-electron chi connectivity index (χ2n) is 7.96. The summed E-state index contributed by atoms with van der Waals surface area (Å²) in [7, 11) is 0. The van der Waals surface area contributed by atoms with Gasteiger partial charge in [-0.15, -0.1) is 0 Å². The molecule has 0 atom stereocenters. The van der Waals surface area contributed by atoms with Crippen LogP contribution in [-0.4, -0.2) is 67.3 Å². The number of benzene rings is 2. The molecule has 6 heteroatoms. The summed E-state index contributed by atoms with van der Waals surface area (Å²) in [4.78, 5) is 21.2. The molecule has 2 aliphatic heterocycles. The van der Waals surface area contributed by atoms with E-state index < -0.39 is 0 Å². The molecule has 0 aliphatic carbocycles. The zero-order valence-electron chi connectivity index (χ0n) is 16.7. The first-order valence-electron chi connectivity index (χ1n) is 10.6. The number of aromatic nitrogens is 1. The van der Waals surface area contributed by atoms with Crippen LogP contribution in [0.15, 0.2) is 41.2 Å². The van der Waals surface area contributed by atoms with Gasteiger partial charge in [0, 0.05) is 23.9 Å². The first-order chi connectivity index (χ1) is 14.3. The van der Waals surface area contributed by atoms with Gasteiger partial charge in [-0.05, 0) is 75.4 Å². The molecule has 2 fully saturated rings. The highest BCUT2D eigenvalue weighted by molar-refractivity contribution is 5.93. The Bertz CT molecular complexity index is 989. The van der Waals surface area contributed by atoms with E-state index >= 15 is 0 Å². The summed E-state index contributed by atoms with van der Waals surface area (Å²) in [6, 6.07) is 11.4. The molecule has 0 radical (unpaired) electrons. The summed E-state index contributed by atoms with van der Waals surface area (Å²) in [5, 5.41) is 1.30. The number of fused-ring (bicyclic) bond motifs is 2. The van der Waals surface area contributed by atoms with Crippen molar-refractivity contribution in [3.8, 4) is 11.5 Å². The van der Waals surface area contributed by atoms with Crippen molar-refractivity contribution in [1.82, 2.24) is 14.8 Å². The fourth-order valence-corrected chi connectivity index (χ4v) is 3.91. The third-order valence-corrected chi connectivity index (χ3v) is 5.99. The molecule has 152 valence electrons. The van der Waals surface area contributed by atoms with E-state index in [1.165, 1.54) is 12.8 Å². The van der Waals surface area contributed by atoms with Crippen molar-refractivity contribution >= 4 is 21.8 Å². The number of aromatic amines is 1. The molecule has 0 unspecified atom stereocenters. The number of nitrogens with zero attached hydrogens (tertiary/aromatic N) is 2. The molecule has 3 aromatic rings. The highest BCUT2D eigenvalue weighted by atomic mass is 16.5. The lowest BCUT2D eigenvalue weighted by Gasteiger charge is -2.30. The molecule has 0 spiro atoms. The number of H-pyrrole nitrogens is 1. The number of rotatable bonds is 8. The lowest BCUT2D eigenvalue weighted by molar-refractivity contribution is 0.147. The van der Waals surface area contributed by atoms with Crippen LogP contribution < -0.4 is 14.9 Å². The van der Waals surface area contributed by atoms with E-state index in [-0.39, 0.29) is 5.43 Å². The third kappa shape index (κ3) is 3.95. The number of ether oxygens (including phenoxy) is 2. The quantitative estimate of drug-likeness (QED) is 0.597. The summed E-state index contributed by atoms with van der Waals surface area (Å²) in [6.45, 7) is 7.81. The van der Waals surface area contributed by atoms with E-state index in [4.69, 9.17) is 9.47 Å². The Morgan fingerprint density at radius 2 is 1.24 bits per heavy atom. The average Bonchev–Trinajstić information content (AvgIpc) is 2.66. The van der Waals surface area contributed by atoms with Crippen LogP contribution in [0.5, 0.6) is 11.5 Å². The maximum Gasteiger partial charge on any atom is 0.197 e. The fourth-order valence-electron chi connectivity index (χ4n) is 3.91. The van der Waals surface area contributed by atoms with Gasteiger partial charge in [0.05, 0.1) is 11.0 Å². The van der Waals surface area contributed by atoms with E-state index in [0.29, 0.717) is 24.0 Å². The van der Waals surface area contributed by atoms with E-state index in [1.807, 2.05) is 36.4 Å². The van der Waals surface area contributed by atoms with Crippen LogP contribution in [0.2, 0.25) is 0 Å². The highest BCUT2D eigenvalue weighted by Gasteiger charge is 2.14. The van der Waals surface area contributed by atoms with Crippen molar-refractivity contribution in [2.75, 3.05) is 52.5 Å². The minimum absolute atomic E-state index is 0.00939. The summed E-state index contributed by atoms with van der Waals surface area (Å²) >= 11 is 0. The number of hydrogen-bond acceptors (Lipinski definition) is 5. The second-order valence-corrected chi connectivity index (χ2v) is 7.96. The van der Waals surface area contributed by atoms with Crippen LogP contribution in [0, 0.1) is 0 Å². The molecular weight excluding hydrogens is 366 g/mol. The minimum Gasteiger partial charge on any atom is -0.492 e. The maximum atomic E-state index is 13.1. The average molecular weight is 393 g/mol. The molecule has 1 N–H and O–H groups in total. The van der Waals surface area contributed by atoms with Crippen molar-refractivity contribution in [1.29, 1.82) is 0 Å². The van der Waals surface area contributed by atoms with Crippen molar-refractivity contribution < 1.29 is 9.47 Å². The van der Waals surface area contributed by atoms with Crippen molar-refractivity contribution in [3.05, 3.63) is 46.6 Å². The number of likely N-dealkylation sites (tertiary alicyclic amines) is 2. The molecule has 6 nitrogen and oxygen atoms in total. The number of nitrogens with one attached hydrogen (secondary N) is 1. The van der Waals surface area contributed by atoms with Gasteiger partial charge in [0.15, 0.2) is 5.43 Å². The van der Waals surface area contributed by atoms with Crippen molar-refractivity contribution in [2.24, 2.45) is 0 Å². The third-order valence-electron chi connectivity index (χ3n) is 5.99. The molecule has 0 amide bonds. The Morgan fingerprint density at radius 3 is 1.66 bits per heavy atom. The van der Waals surface area contributed by atoms with E-state index in [0.717, 1.165) is 61.8 Å². The van der Waals surface area contributed by atoms with Crippen LogP contribution in [0.3, 0.4) is 0 Å². The van der Waals surface area contributed by atoms with E-state index in [9.17, 15) is 4.79 Å². The van der Waals surface area contributed by atoms with Crippen LogP contribution in [-0.2, 0) is 0 Å². The lowest BCUT2D eigenvalue weighted by Crippen LogP contribution is -2.39. The Labute approximate surface area is 170 Å². The standard InChI is InChI=1S/C23H27N3O3/c27-23-19-15-17(28-13-11-25-7-1-8-25)3-5-21(19)24-22-6-4-18(16-20(22)23)29-14-12-26-9-2-10-26/h3-6,15-16H,1-2,7-14H2,(H,24,27). The van der Waals surface area contributed by atoms with Gasteiger partial charge in [-0.2, -0.15) is 0 Å². The highest BCUT2D eigenvalue weighted by Crippen LogP contribution is 2.23. The number of hydrogen-bond donors (Lipinski definition) is 1. The minimum atomic E-state index is 0.00939. The molecular formula is C23H27N3O3. The molecule has 5 rings (SSSR count). The molecule has 2 aliphatic rings. The maximum absolute atomic E-state index is 13.1. The smallest absolute Gasteiger partial charge is 0.197 e. The first-order valence-corrected chi connectivity index (χ1v) is 10.6. The van der Waals surface area contributed by atoms with Crippen LogP contribution >= 0.6 is 0 Å². The monoisotopic (exact) mass is 393 g/mol. The van der Waals surface area contributed by atoms with Gasteiger partial charge >= 0.3 is 0 Å². The molecule has 29 heavy (non-hydrogen) atoms. The summed E-state index contributed by atoms with van der Waals surface area (Å²) in [6.07, 6.45) is 2.56. The molecule has 0 saturated carbocycles. The Kier molecular flexibility index (Phi) is 5.12. The molecule has 2 saturated heterocycles. The van der Waals surface area contributed by atoms with Crippen LogP contribution in [0.4, 0.5) is 0 Å². The molecule has 1 aromatic heterocycles. The summed E-state index contributed by atoms with van der Waals surface area (Å²) < 4.78 is 11.8. The predicted octanol–water partition coefficient (Wildman–Crippen LogP) is 2.85. The second kappa shape index (κ2) is 8.05. The Morgan fingerprint density at radius 1 is 0.759 bits per heavy atom. The largest absolute Gasteiger partial charge is 0.492 e. The van der Waals surface area contributed by atoms with Gasteiger partial charge in [-0.1, -0.05) is 0 Å². The van der Waals surface area contributed by atoms with E-state index in [2.05, 4.69) is 14.8 Å². The van der Waals surface area contributed by atoms with Crippen LogP contribution in [0.1, 0.15) is 12.8 Å². The summed E-state index contributed by atoms with van der Waals surface area (Å²) in [5.41, 5.74) is 1.66.